The van der Waals surface area contributed by atoms with E-state index in [4.69, 9.17) is 19.5 Å². The minimum absolute atomic E-state index is 0.175. The number of imidazole rings is 1. The van der Waals surface area contributed by atoms with Gasteiger partial charge in [-0.15, -0.1) is 0 Å². The Bertz CT molecular complexity index is 848. The molecular weight excluding hydrogens is 361 g/mol. The lowest BCUT2D eigenvalue weighted by molar-refractivity contribution is -0.0669. The summed E-state index contributed by atoms with van der Waals surface area (Å²) in [6.07, 6.45) is -2.61. The predicted molar refractivity (Wildman–Crippen MR) is 83.0 cm³/mol. The maximum Gasteiger partial charge on any atom is 0.472 e. The first-order valence-electron chi connectivity index (χ1n) is 6.98. The average molecular weight is 375 g/mol. The van der Waals surface area contributed by atoms with Crippen LogP contribution in [-0.4, -0.2) is 54.4 Å². The van der Waals surface area contributed by atoms with Gasteiger partial charge in [0.2, 0.25) is 0 Å². The topological polar surface area (TPSA) is 155 Å². The molecule has 2 aliphatic rings. The van der Waals surface area contributed by atoms with E-state index in [9.17, 15) is 14.6 Å². The molecule has 5 atom stereocenters. The van der Waals surface area contributed by atoms with Crippen molar-refractivity contribution in [2.75, 3.05) is 12.3 Å². The number of phosphoric acid groups is 1. The number of aliphatic hydroxyl groups is 1. The van der Waals surface area contributed by atoms with E-state index < -0.39 is 32.4 Å². The van der Waals surface area contributed by atoms with Crippen molar-refractivity contribution in [1.29, 1.82) is 0 Å². The third-order valence-corrected chi connectivity index (χ3v) is 5.21. The molecular formula is C11H14N5O6PS. The van der Waals surface area contributed by atoms with Crippen molar-refractivity contribution in [3.05, 3.63) is 12.2 Å². The number of anilines is 1. The lowest BCUT2D eigenvalue weighted by Gasteiger charge is -2.27. The van der Waals surface area contributed by atoms with Crippen LogP contribution in [0.5, 0.6) is 0 Å². The highest BCUT2D eigenvalue weighted by Crippen LogP contribution is 2.52. The fourth-order valence-corrected chi connectivity index (χ4v) is 4.09. The standard InChI is InChI=1S/C11H14N5O6PS/c12-9-6-10(14-3-13-9)16(5(2-24)15-6)11-7(17)8-4(21-11)1-20-23(18,19)22-8/h3-4,7-8,11,17,24H,1-2H2,(H,18,19)(H2,12,13,14). The summed E-state index contributed by atoms with van der Waals surface area (Å²) < 4.78 is 28.5. The third-order valence-electron chi connectivity index (χ3n) is 3.94. The second-order valence-corrected chi connectivity index (χ2v) is 7.10. The van der Waals surface area contributed by atoms with E-state index >= 15 is 0 Å². The van der Waals surface area contributed by atoms with Crippen LogP contribution in [0.4, 0.5) is 5.82 Å². The molecule has 2 aromatic rings. The Kier molecular flexibility index (Phi) is 3.80. The normalized spacial score (nSPS) is 36.1. The average Bonchev–Trinajstić information content (AvgIpc) is 3.06. The first kappa shape index (κ1) is 16.2. The van der Waals surface area contributed by atoms with Crippen LogP contribution in [0.2, 0.25) is 0 Å². The number of ether oxygens (including phenoxy) is 1. The Hall–Kier alpha value is -1.27. The van der Waals surface area contributed by atoms with Crippen LogP contribution in [0.1, 0.15) is 12.1 Å². The van der Waals surface area contributed by atoms with E-state index in [-0.39, 0.29) is 18.2 Å². The Morgan fingerprint density at radius 2 is 2.29 bits per heavy atom. The van der Waals surface area contributed by atoms with Crippen LogP contribution in [0.15, 0.2) is 6.33 Å². The van der Waals surface area contributed by atoms with Crippen LogP contribution >= 0.6 is 20.5 Å². The molecule has 130 valence electrons. The number of rotatable bonds is 2. The van der Waals surface area contributed by atoms with Gasteiger partial charge >= 0.3 is 7.82 Å². The summed E-state index contributed by atoms with van der Waals surface area (Å²) in [6, 6.07) is 0. The van der Waals surface area contributed by atoms with Gasteiger partial charge in [-0.3, -0.25) is 13.6 Å². The van der Waals surface area contributed by atoms with Crippen molar-refractivity contribution in [1.82, 2.24) is 19.5 Å². The Morgan fingerprint density at radius 1 is 1.50 bits per heavy atom. The summed E-state index contributed by atoms with van der Waals surface area (Å²) in [5.41, 5.74) is 6.53. The van der Waals surface area contributed by atoms with Crippen LogP contribution in [-0.2, 0) is 24.1 Å². The third kappa shape index (κ3) is 2.42. The zero-order valence-electron chi connectivity index (χ0n) is 12.1. The minimum Gasteiger partial charge on any atom is -0.386 e. The molecule has 4 rings (SSSR count). The highest BCUT2D eigenvalue weighted by Gasteiger charge is 2.53. The van der Waals surface area contributed by atoms with Crippen molar-refractivity contribution in [3.63, 3.8) is 0 Å². The molecule has 0 aromatic carbocycles. The Morgan fingerprint density at radius 3 is 3.04 bits per heavy atom. The van der Waals surface area contributed by atoms with Gasteiger partial charge in [0.25, 0.3) is 0 Å². The molecule has 4 N–H and O–H groups in total. The van der Waals surface area contributed by atoms with E-state index in [0.717, 1.165) is 0 Å². The van der Waals surface area contributed by atoms with E-state index in [2.05, 4.69) is 27.6 Å². The summed E-state index contributed by atoms with van der Waals surface area (Å²) in [6.45, 7) is -0.175. The molecule has 2 aromatic heterocycles. The fourth-order valence-electron chi connectivity index (χ4n) is 2.90. The number of nitrogens with zero attached hydrogens (tertiary/aromatic N) is 4. The molecule has 0 radical (unpaired) electrons. The summed E-state index contributed by atoms with van der Waals surface area (Å²) in [7, 11) is -4.20. The zero-order valence-corrected chi connectivity index (χ0v) is 13.9. The van der Waals surface area contributed by atoms with Crippen molar-refractivity contribution in [3.8, 4) is 0 Å². The van der Waals surface area contributed by atoms with Gasteiger partial charge in [0.1, 0.15) is 30.5 Å². The van der Waals surface area contributed by atoms with E-state index in [1.807, 2.05) is 0 Å². The fraction of sp³-hybridized carbons (Fsp3) is 0.545. The summed E-state index contributed by atoms with van der Waals surface area (Å²) in [4.78, 5) is 21.8. The van der Waals surface area contributed by atoms with Crippen LogP contribution in [0.25, 0.3) is 11.2 Å². The summed E-state index contributed by atoms with van der Waals surface area (Å²) in [5, 5.41) is 10.6. The van der Waals surface area contributed by atoms with Crippen molar-refractivity contribution < 1.29 is 28.3 Å². The number of thiol groups is 1. The van der Waals surface area contributed by atoms with Crippen molar-refractivity contribution in [2.45, 2.75) is 30.3 Å². The number of aromatic nitrogens is 4. The maximum absolute atomic E-state index is 11.6. The molecule has 2 aliphatic heterocycles. The maximum atomic E-state index is 11.6. The molecule has 4 heterocycles. The molecule has 24 heavy (non-hydrogen) atoms. The van der Waals surface area contributed by atoms with Gasteiger partial charge in [-0.25, -0.2) is 19.5 Å². The number of hydrogen-bond donors (Lipinski definition) is 4. The monoisotopic (exact) mass is 375 g/mol. The Balaban J connectivity index is 1.78. The second kappa shape index (κ2) is 5.63. The lowest BCUT2D eigenvalue weighted by atomic mass is 10.1. The summed E-state index contributed by atoms with van der Waals surface area (Å²) >= 11 is 4.23. The van der Waals surface area contributed by atoms with Gasteiger partial charge in [-0.2, -0.15) is 12.6 Å². The molecule has 13 heteroatoms. The van der Waals surface area contributed by atoms with Crippen LogP contribution in [0.3, 0.4) is 0 Å². The van der Waals surface area contributed by atoms with Crippen molar-refractivity contribution >= 4 is 37.4 Å². The minimum atomic E-state index is -4.20. The molecule has 0 amide bonds. The Labute approximate surface area is 140 Å². The van der Waals surface area contributed by atoms with E-state index in [1.165, 1.54) is 10.9 Å². The van der Waals surface area contributed by atoms with Crippen LogP contribution < -0.4 is 5.73 Å². The first-order valence-corrected chi connectivity index (χ1v) is 9.11. The van der Waals surface area contributed by atoms with E-state index in [1.54, 1.807) is 0 Å². The molecule has 0 aliphatic carbocycles. The highest BCUT2D eigenvalue weighted by atomic mass is 32.1. The molecule has 0 bridgehead atoms. The van der Waals surface area contributed by atoms with Gasteiger partial charge in [0.05, 0.1) is 6.61 Å². The van der Waals surface area contributed by atoms with Gasteiger partial charge < -0.3 is 20.5 Å². The molecule has 5 unspecified atom stereocenters. The SMILES string of the molecule is Nc1ncnc2c1nc(CS)n2C1OC2COP(=O)(O)OC2C1O. The predicted octanol–water partition coefficient (Wildman–Crippen LogP) is -0.388. The molecule has 11 nitrogen and oxygen atoms in total. The van der Waals surface area contributed by atoms with Gasteiger partial charge in [-0.05, 0) is 0 Å². The largest absolute Gasteiger partial charge is 0.472 e. The zero-order chi connectivity index (χ0) is 17.1. The number of fused-ring (bicyclic) bond motifs is 2. The highest BCUT2D eigenvalue weighted by molar-refractivity contribution is 7.79. The first-order chi connectivity index (χ1) is 11.4. The lowest BCUT2D eigenvalue weighted by Crippen LogP contribution is -2.39. The van der Waals surface area contributed by atoms with Crippen molar-refractivity contribution in [2.24, 2.45) is 0 Å². The summed E-state index contributed by atoms with van der Waals surface area (Å²) in [5.74, 6) is 0.871. The number of phosphoric ester groups is 1. The molecule has 0 saturated carbocycles. The number of hydrogen-bond acceptors (Lipinski definition) is 10. The number of nitrogen functional groups attached to an aromatic ring is 1. The van der Waals surface area contributed by atoms with E-state index in [0.29, 0.717) is 17.0 Å². The smallest absolute Gasteiger partial charge is 0.386 e. The van der Waals surface area contributed by atoms with Gasteiger partial charge in [0, 0.05) is 5.75 Å². The molecule has 2 saturated heterocycles. The van der Waals surface area contributed by atoms with Gasteiger partial charge in [0.15, 0.2) is 23.2 Å². The second-order valence-electron chi connectivity index (χ2n) is 5.38. The molecule has 2 fully saturated rings. The quantitative estimate of drug-likeness (QED) is 0.403. The number of nitrogens with two attached hydrogens (primary N) is 1. The molecule has 0 spiro atoms. The van der Waals surface area contributed by atoms with Crippen LogP contribution in [0, 0.1) is 0 Å². The number of aliphatic hydroxyl groups excluding tert-OH is 1. The van der Waals surface area contributed by atoms with Gasteiger partial charge in [-0.1, -0.05) is 0 Å².